The summed E-state index contributed by atoms with van der Waals surface area (Å²) in [5.74, 6) is 0.713. The van der Waals surface area contributed by atoms with E-state index in [9.17, 15) is 4.79 Å². The lowest BCUT2D eigenvalue weighted by Gasteiger charge is -2.05. The van der Waals surface area contributed by atoms with Crippen molar-refractivity contribution in [3.63, 3.8) is 0 Å². The van der Waals surface area contributed by atoms with Gasteiger partial charge in [-0.05, 0) is 31.9 Å². The van der Waals surface area contributed by atoms with Crippen molar-refractivity contribution in [2.45, 2.75) is 44.0 Å². The van der Waals surface area contributed by atoms with Crippen molar-refractivity contribution in [2.75, 3.05) is 23.9 Å². The molecule has 4 N–H and O–H groups in total. The molecule has 1 aromatic heterocycles. The summed E-state index contributed by atoms with van der Waals surface area (Å²) in [6.07, 6.45) is 5.74. The van der Waals surface area contributed by atoms with Crippen LogP contribution in [-0.2, 0) is 0 Å². The molecule has 1 amide bonds. The first-order chi connectivity index (χ1) is 9.62. The molecule has 0 aromatic carbocycles. The first kappa shape index (κ1) is 15.5. The van der Waals surface area contributed by atoms with Gasteiger partial charge in [0.15, 0.2) is 0 Å². The van der Waals surface area contributed by atoms with Crippen LogP contribution in [-0.4, -0.2) is 24.7 Å². The van der Waals surface area contributed by atoms with E-state index in [1.54, 1.807) is 11.8 Å². The Balaban J connectivity index is 2.12. The molecule has 1 fully saturated rings. The number of thiophene rings is 1. The number of amides is 1. The van der Waals surface area contributed by atoms with Gasteiger partial charge in [0, 0.05) is 12.6 Å². The fraction of sp³-hybridized carbons (Fsp3) is 0.643. The van der Waals surface area contributed by atoms with Crippen LogP contribution in [0.5, 0.6) is 0 Å². The van der Waals surface area contributed by atoms with Gasteiger partial charge in [0.1, 0.15) is 9.88 Å². The third-order valence-corrected chi connectivity index (χ3v) is 5.64. The lowest BCUT2D eigenvalue weighted by atomic mass is 10.2. The van der Waals surface area contributed by atoms with E-state index in [4.69, 9.17) is 5.73 Å². The topological polar surface area (TPSA) is 67.2 Å². The minimum absolute atomic E-state index is 0.0701. The minimum Gasteiger partial charge on any atom is -0.396 e. The Hall–Kier alpha value is -0.880. The molecule has 2 atom stereocenters. The monoisotopic (exact) mass is 313 g/mol. The summed E-state index contributed by atoms with van der Waals surface area (Å²) < 4.78 is 0. The van der Waals surface area contributed by atoms with Gasteiger partial charge in [-0.3, -0.25) is 4.79 Å². The number of nitrogens with two attached hydrogens (primary N) is 1. The maximum absolute atomic E-state index is 12.0. The largest absolute Gasteiger partial charge is 0.396 e. The average molecular weight is 313 g/mol. The lowest BCUT2D eigenvalue weighted by molar-refractivity contribution is 0.0960. The number of hydrogen-bond acceptors (Lipinski definition) is 5. The summed E-state index contributed by atoms with van der Waals surface area (Å²) in [5.41, 5.74) is 6.74. The molecule has 1 aliphatic carbocycles. The van der Waals surface area contributed by atoms with Crippen molar-refractivity contribution in [1.29, 1.82) is 0 Å². The molecule has 1 aliphatic rings. The SMILES string of the molecule is CCCC1CC1Nc1sc(C(=O)NCC)c(N)c1SC. The van der Waals surface area contributed by atoms with Crippen molar-refractivity contribution in [3.8, 4) is 0 Å². The Kier molecular flexibility index (Phi) is 5.21. The molecular weight excluding hydrogens is 290 g/mol. The van der Waals surface area contributed by atoms with Crippen molar-refractivity contribution >= 4 is 39.7 Å². The molecule has 2 unspecified atom stereocenters. The van der Waals surface area contributed by atoms with Crippen molar-refractivity contribution in [1.82, 2.24) is 5.32 Å². The third kappa shape index (κ3) is 3.23. The van der Waals surface area contributed by atoms with Gasteiger partial charge in [-0.25, -0.2) is 0 Å². The lowest BCUT2D eigenvalue weighted by Crippen LogP contribution is -2.22. The Bertz CT molecular complexity index is 487. The first-order valence-electron chi connectivity index (χ1n) is 7.13. The van der Waals surface area contributed by atoms with Gasteiger partial charge in [0.25, 0.3) is 5.91 Å². The van der Waals surface area contributed by atoms with Gasteiger partial charge in [-0.1, -0.05) is 13.3 Å². The highest BCUT2D eigenvalue weighted by molar-refractivity contribution is 7.99. The summed E-state index contributed by atoms with van der Waals surface area (Å²) in [5, 5.41) is 7.44. The van der Waals surface area contributed by atoms with Crippen LogP contribution in [0, 0.1) is 5.92 Å². The minimum atomic E-state index is -0.0701. The Morgan fingerprint density at radius 2 is 2.25 bits per heavy atom. The average Bonchev–Trinajstić information content (AvgIpc) is 3.05. The molecule has 20 heavy (non-hydrogen) atoms. The number of rotatable bonds is 7. The van der Waals surface area contributed by atoms with Crippen molar-refractivity contribution < 1.29 is 4.79 Å². The maximum Gasteiger partial charge on any atom is 0.263 e. The number of nitrogen functional groups attached to an aromatic ring is 1. The molecule has 2 rings (SSSR count). The van der Waals surface area contributed by atoms with Gasteiger partial charge >= 0.3 is 0 Å². The number of hydrogen-bond donors (Lipinski definition) is 3. The van der Waals surface area contributed by atoms with Crippen LogP contribution in [0.2, 0.25) is 0 Å². The standard InChI is InChI=1S/C14H23N3OS2/c1-4-6-8-7-9(8)17-14-12(19-3)10(15)11(20-14)13(18)16-5-2/h8-9,17H,4-7,15H2,1-3H3,(H,16,18). The van der Waals surface area contributed by atoms with E-state index in [0.29, 0.717) is 23.2 Å². The molecule has 0 bridgehead atoms. The fourth-order valence-electron chi connectivity index (χ4n) is 2.42. The van der Waals surface area contributed by atoms with Gasteiger partial charge in [0.05, 0.1) is 10.6 Å². The van der Waals surface area contributed by atoms with Crippen molar-refractivity contribution in [2.24, 2.45) is 5.92 Å². The first-order valence-corrected chi connectivity index (χ1v) is 9.17. The fourth-order valence-corrected chi connectivity index (χ4v) is 4.42. The molecule has 6 heteroatoms. The Labute approximate surface area is 128 Å². The van der Waals surface area contributed by atoms with E-state index in [1.165, 1.54) is 30.6 Å². The zero-order chi connectivity index (χ0) is 14.7. The third-order valence-electron chi connectivity index (χ3n) is 3.55. The molecule has 4 nitrogen and oxygen atoms in total. The van der Waals surface area contributed by atoms with Gasteiger partial charge in [0.2, 0.25) is 0 Å². The zero-order valence-electron chi connectivity index (χ0n) is 12.3. The van der Waals surface area contributed by atoms with Crippen LogP contribution < -0.4 is 16.4 Å². The number of anilines is 2. The van der Waals surface area contributed by atoms with Crippen LogP contribution in [0.1, 0.15) is 42.8 Å². The van der Waals surface area contributed by atoms with Crippen LogP contribution in [0.25, 0.3) is 0 Å². The summed E-state index contributed by atoms with van der Waals surface area (Å²) in [7, 11) is 0. The normalized spacial score (nSPS) is 20.8. The van der Waals surface area contributed by atoms with Crippen LogP contribution in [0.15, 0.2) is 4.90 Å². The summed E-state index contributed by atoms with van der Waals surface area (Å²) >= 11 is 3.08. The molecule has 0 saturated heterocycles. The predicted octanol–water partition coefficient (Wildman–Crippen LogP) is 3.40. The van der Waals surface area contributed by atoms with Crippen LogP contribution in [0.3, 0.4) is 0 Å². The van der Waals surface area contributed by atoms with E-state index in [0.717, 1.165) is 15.8 Å². The van der Waals surface area contributed by atoms with Gasteiger partial charge in [-0.2, -0.15) is 0 Å². The van der Waals surface area contributed by atoms with E-state index in [2.05, 4.69) is 17.6 Å². The number of carbonyl (C=O) groups excluding carboxylic acids is 1. The van der Waals surface area contributed by atoms with E-state index in [1.807, 2.05) is 13.2 Å². The highest BCUT2D eigenvalue weighted by atomic mass is 32.2. The summed E-state index contributed by atoms with van der Waals surface area (Å²) in [6, 6.07) is 0.556. The van der Waals surface area contributed by atoms with Gasteiger partial charge in [-0.15, -0.1) is 23.1 Å². The van der Waals surface area contributed by atoms with E-state index >= 15 is 0 Å². The molecule has 0 spiro atoms. The molecule has 1 aromatic rings. The summed E-state index contributed by atoms with van der Waals surface area (Å²) in [4.78, 5) is 13.6. The van der Waals surface area contributed by atoms with Crippen LogP contribution in [0.4, 0.5) is 10.7 Å². The predicted molar refractivity (Wildman–Crippen MR) is 88.9 cm³/mol. The second kappa shape index (κ2) is 6.72. The Morgan fingerprint density at radius 1 is 1.50 bits per heavy atom. The second-order valence-corrected chi connectivity index (χ2v) is 6.94. The number of thioether (sulfide) groups is 1. The number of carbonyl (C=O) groups is 1. The highest BCUT2D eigenvalue weighted by Gasteiger charge is 2.37. The van der Waals surface area contributed by atoms with E-state index in [-0.39, 0.29) is 5.91 Å². The smallest absolute Gasteiger partial charge is 0.263 e. The zero-order valence-corrected chi connectivity index (χ0v) is 13.9. The number of nitrogens with one attached hydrogen (secondary N) is 2. The molecule has 112 valence electrons. The van der Waals surface area contributed by atoms with Crippen molar-refractivity contribution in [3.05, 3.63) is 4.88 Å². The maximum atomic E-state index is 12.0. The van der Waals surface area contributed by atoms with Gasteiger partial charge < -0.3 is 16.4 Å². The second-order valence-electron chi connectivity index (χ2n) is 5.10. The molecular formula is C14H23N3OS2. The molecule has 1 heterocycles. The molecule has 1 saturated carbocycles. The Morgan fingerprint density at radius 3 is 2.85 bits per heavy atom. The summed E-state index contributed by atoms with van der Waals surface area (Å²) in [6.45, 7) is 4.75. The molecule has 0 radical (unpaired) electrons. The quantitative estimate of drug-likeness (QED) is 0.675. The molecule has 0 aliphatic heterocycles. The highest BCUT2D eigenvalue weighted by Crippen LogP contribution is 2.45. The van der Waals surface area contributed by atoms with E-state index < -0.39 is 0 Å². The van der Waals surface area contributed by atoms with Crippen LogP contribution >= 0.6 is 23.1 Å².